The molecule has 25 heavy (non-hydrogen) atoms. The molecular formula is C19H24N4OS. The van der Waals surface area contributed by atoms with Crippen molar-refractivity contribution < 1.29 is 4.79 Å². The number of aromatic amines is 1. The van der Waals surface area contributed by atoms with Gasteiger partial charge in [0.05, 0.1) is 11.2 Å². The Kier molecular flexibility index (Phi) is 5.08. The number of aryl methyl sites for hydroxylation is 4. The van der Waals surface area contributed by atoms with Crippen molar-refractivity contribution in [3.8, 4) is 0 Å². The van der Waals surface area contributed by atoms with E-state index in [1.807, 2.05) is 5.38 Å². The Morgan fingerprint density at radius 1 is 1.36 bits per heavy atom. The quantitative estimate of drug-likeness (QED) is 0.630. The second-order valence-electron chi connectivity index (χ2n) is 6.38. The Morgan fingerprint density at radius 2 is 2.16 bits per heavy atom. The molecule has 1 amide bonds. The Hall–Kier alpha value is -2.34. The number of fused-ring (bicyclic) bond motifs is 1. The zero-order valence-electron chi connectivity index (χ0n) is 14.9. The van der Waals surface area contributed by atoms with E-state index in [9.17, 15) is 4.79 Å². The molecule has 1 aromatic carbocycles. The molecule has 0 saturated heterocycles. The van der Waals surface area contributed by atoms with Crippen molar-refractivity contribution in [2.45, 2.75) is 46.6 Å². The van der Waals surface area contributed by atoms with Crippen LogP contribution >= 0.6 is 11.3 Å². The molecule has 0 spiro atoms. The summed E-state index contributed by atoms with van der Waals surface area (Å²) in [7, 11) is 0. The molecule has 0 bridgehead atoms. The molecule has 0 atom stereocenters. The second kappa shape index (κ2) is 7.27. The van der Waals surface area contributed by atoms with Crippen LogP contribution in [-0.2, 0) is 24.2 Å². The van der Waals surface area contributed by atoms with E-state index in [1.54, 1.807) is 0 Å². The van der Waals surface area contributed by atoms with Crippen molar-refractivity contribution in [1.29, 1.82) is 0 Å². The third kappa shape index (κ3) is 3.85. The number of nitrogens with zero attached hydrogens (tertiary/aromatic N) is 1. The number of amides is 1. The van der Waals surface area contributed by atoms with E-state index in [0.29, 0.717) is 24.5 Å². The molecule has 3 rings (SSSR count). The first-order valence-electron chi connectivity index (χ1n) is 8.55. The van der Waals surface area contributed by atoms with Crippen LogP contribution < -0.4 is 11.1 Å². The number of hydrogen-bond acceptors (Lipinski definition) is 4. The molecule has 0 radical (unpaired) electrons. The fourth-order valence-corrected chi connectivity index (χ4v) is 3.76. The normalized spacial score (nSPS) is 11.2. The predicted octanol–water partition coefficient (Wildman–Crippen LogP) is 3.63. The van der Waals surface area contributed by atoms with Crippen molar-refractivity contribution in [2.24, 2.45) is 0 Å². The predicted molar refractivity (Wildman–Crippen MR) is 104 cm³/mol. The average Bonchev–Trinajstić information content (AvgIpc) is 3.14. The number of rotatable bonds is 6. The molecule has 0 aliphatic carbocycles. The Balaban J connectivity index is 1.69. The lowest BCUT2D eigenvalue weighted by Gasteiger charge is -2.08. The van der Waals surface area contributed by atoms with Crippen molar-refractivity contribution in [3.05, 3.63) is 45.6 Å². The number of carbonyl (C=O) groups is 1. The lowest BCUT2D eigenvalue weighted by Crippen LogP contribution is -2.23. The minimum atomic E-state index is 0.0280. The van der Waals surface area contributed by atoms with E-state index in [4.69, 9.17) is 5.73 Å². The highest BCUT2D eigenvalue weighted by molar-refractivity contribution is 7.13. The fourth-order valence-electron chi connectivity index (χ4n) is 3.17. The van der Waals surface area contributed by atoms with Crippen LogP contribution in [0.3, 0.4) is 0 Å². The van der Waals surface area contributed by atoms with Gasteiger partial charge in [0.2, 0.25) is 5.91 Å². The number of hydrogen-bond donors (Lipinski definition) is 3. The SMILES string of the molecule is CCc1[nH]c2c(CNC(=O)CCc3csc(N)n3)cc(C)cc2c1C. The van der Waals surface area contributed by atoms with Crippen LogP contribution in [0, 0.1) is 13.8 Å². The lowest BCUT2D eigenvalue weighted by molar-refractivity contribution is -0.121. The van der Waals surface area contributed by atoms with Crippen LogP contribution in [0.4, 0.5) is 5.13 Å². The van der Waals surface area contributed by atoms with Gasteiger partial charge in [0.15, 0.2) is 5.13 Å². The summed E-state index contributed by atoms with van der Waals surface area (Å²) in [5.41, 5.74) is 12.5. The van der Waals surface area contributed by atoms with Crippen LogP contribution in [0.15, 0.2) is 17.5 Å². The van der Waals surface area contributed by atoms with Gasteiger partial charge in [-0.05, 0) is 43.9 Å². The number of nitrogens with two attached hydrogens (primary N) is 1. The molecule has 2 aromatic heterocycles. The summed E-state index contributed by atoms with van der Waals surface area (Å²) in [6.45, 7) is 6.92. The first kappa shape index (κ1) is 17.5. The van der Waals surface area contributed by atoms with Gasteiger partial charge < -0.3 is 16.0 Å². The molecule has 0 aliphatic heterocycles. The minimum Gasteiger partial charge on any atom is -0.375 e. The fraction of sp³-hybridized carbons (Fsp3) is 0.368. The topological polar surface area (TPSA) is 83.8 Å². The number of H-pyrrole nitrogens is 1. The average molecular weight is 356 g/mol. The lowest BCUT2D eigenvalue weighted by atomic mass is 10.0. The van der Waals surface area contributed by atoms with E-state index in [0.717, 1.165) is 23.2 Å². The maximum Gasteiger partial charge on any atom is 0.220 e. The van der Waals surface area contributed by atoms with Crippen LogP contribution in [0.2, 0.25) is 0 Å². The highest BCUT2D eigenvalue weighted by Crippen LogP contribution is 2.26. The summed E-state index contributed by atoms with van der Waals surface area (Å²) in [5.74, 6) is 0.0280. The third-order valence-corrected chi connectivity index (χ3v) is 5.23. The molecule has 0 fully saturated rings. The standard InChI is InChI=1S/C19H24N4OS/c1-4-16-12(3)15-8-11(2)7-13(18(15)23-16)9-21-17(24)6-5-14-10-25-19(20)22-14/h7-8,10,23H,4-6,9H2,1-3H3,(H2,20,22)(H,21,24). The molecule has 5 nitrogen and oxygen atoms in total. The van der Waals surface area contributed by atoms with Crippen molar-refractivity contribution in [1.82, 2.24) is 15.3 Å². The van der Waals surface area contributed by atoms with Gasteiger partial charge in [0.1, 0.15) is 0 Å². The van der Waals surface area contributed by atoms with Crippen LogP contribution in [0.5, 0.6) is 0 Å². The Labute approximate surface area is 151 Å². The van der Waals surface area contributed by atoms with Crippen LogP contribution in [-0.4, -0.2) is 15.9 Å². The molecule has 2 heterocycles. The summed E-state index contributed by atoms with van der Waals surface area (Å²) in [6, 6.07) is 4.34. The summed E-state index contributed by atoms with van der Waals surface area (Å²) in [6.07, 6.45) is 2.01. The monoisotopic (exact) mass is 356 g/mol. The van der Waals surface area contributed by atoms with Gasteiger partial charge in [-0.15, -0.1) is 11.3 Å². The number of carbonyl (C=O) groups excluding carboxylic acids is 1. The maximum atomic E-state index is 12.2. The van der Waals surface area contributed by atoms with E-state index in [-0.39, 0.29) is 5.91 Å². The van der Waals surface area contributed by atoms with E-state index in [2.05, 4.69) is 48.2 Å². The first-order valence-corrected chi connectivity index (χ1v) is 9.43. The summed E-state index contributed by atoms with van der Waals surface area (Å²) < 4.78 is 0. The first-order chi connectivity index (χ1) is 12.0. The zero-order valence-corrected chi connectivity index (χ0v) is 15.7. The van der Waals surface area contributed by atoms with Gasteiger partial charge in [-0.3, -0.25) is 4.79 Å². The van der Waals surface area contributed by atoms with Crippen LogP contribution in [0.25, 0.3) is 10.9 Å². The molecule has 0 aliphatic rings. The van der Waals surface area contributed by atoms with Gasteiger partial charge in [-0.1, -0.05) is 18.6 Å². The van der Waals surface area contributed by atoms with E-state index < -0.39 is 0 Å². The smallest absolute Gasteiger partial charge is 0.220 e. The largest absolute Gasteiger partial charge is 0.375 e. The molecule has 0 saturated carbocycles. The van der Waals surface area contributed by atoms with Crippen molar-refractivity contribution in [2.75, 3.05) is 5.73 Å². The number of aromatic nitrogens is 2. The number of thiazole rings is 1. The third-order valence-electron chi connectivity index (χ3n) is 4.50. The van der Waals surface area contributed by atoms with Crippen molar-refractivity contribution >= 4 is 33.3 Å². The summed E-state index contributed by atoms with van der Waals surface area (Å²) in [5, 5.41) is 6.73. The number of benzene rings is 1. The van der Waals surface area contributed by atoms with Gasteiger partial charge in [0, 0.05) is 29.4 Å². The zero-order chi connectivity index (χ0) is 18.0. The Morgan fingerprint density at radius 3 is 2.84 bits per heavy atom. The van der Waals surface area contributed by atoms with Crippen LogP contribution in [0.1, 0.15) is 41.4 Å². The molecule has 132 valence electrons. The van der Waals surface area contributed by atoms with Gasteiger partial charge in [-0.2, -0.15) is 0 Å². The van der Waals surface area contributed by atoms with Gasteiger partial charge in [0.25, 0.3) is 0 Å². The van der Waals surface area contributed by atoms with Gasteiger partial charge >= 0.3 is 0 Å². The van der Waals surface area contributed by atoms with Crippen molar-refractivity contribution in [3.63, 3.8) is 0 Å². The second-order valence-corrected chi connectivity index (χ2v) is 7.27. The molecular weight excluding hydrogens is 332 g/mol. The summed E-state index contributed by atoms with van der Waals surface area (Å²) in [4.78, 5) is 19.9. The Bertz CT molecular complexity index is 910. The maximum absolute atomic E-state index is 12.2. The molecule has 6 heteroatoms. The highest BCUT2D eigenvalue weighted by Gasteiger charge is 2.12. The molecule has 4 N–H and O–H groups in total. The van der Waals surface area contributed by atoms with Gasteiger partial charge in [-0.25, -0.2) is 4.98 Å². The summed E-state index contributed by atoms with van der Waals surface area (Å²) >= 11 is 1.41. The molecule has 3 aromatic rings. The highest BCUT2D eigenvalue weighted by atomic mass is 32.1. The van der Waals surface area contributed by atoms with E-state index in [1.165, 1.54) is 33.5 Å². The number of nitrogen functional groups attached to an aromatic ring is 1. The number of nitrogens with one attached hydrogen (secondary N) is 2. The van der Waals surface area contributed by atoms with E-state index >= 15 is 0 Å². The minimum absolute atomic E-state index is 0.0280. The number of anilines is 1. The molecule has 0 unspecified atom stereocenters.